The number of benzene rings is 3. The van der Waals surface area contributed by atoms with Crippen LogP contribution in [-0.2, 0) is 19.1 Å². The van der Waals surface area contributed by atoms with Crippen LogP contribution in [0.5, 0.6) is 0 Å². The average molecular weight is 631 g/mol. The lowest BCUT2D eigenvalue weighted by molar-refractivity contribution is -0.141. The second kappa shape index (κ2) is 16.8. The van der Waals surface area contributed by atoms with E-state index in [9.17, 15) is 19.2 Å². The van der Waals surface area contributed by atoms with Crippen molar-refractivity contribution in [1.82, 2.24) is 10.2 Å². The lowest BCUT2D eigenvalue weighted by Crippen LogP contribution is -2.53. The zero-order valence-corrected chi connectivity index (χ0v) is 28.2. The molecule has 0 radical (unpaired) electrons. The van der Waals surface area contributed by atoms with Crippen LogP contribution in [0.15, 0.2) is 60.7 Å². The molecule has 0 bridgehead atoms. The van der Waals surface area contributed by atoms with Gasteiger partial charge in [-0.1, -0.05) is 86.7 Å². The summed E-state index contributed by atoms with van der Waals surface area (Å²) >= 11 is 0. The summed E-state index contributed by atoms with van der Waals surface area (Å²) in [4.78, 5) is 55.2. The second-order valence-corrected chi connectivity index (χ2v) is 13.0. The van der Waals surface area contributed by atoms with Crippen LogP contribution in [0.1, 0.15) is 95.4 Å². The van der Waals surface area contributed by atoms with Gasteiger partial charge in [-0.3, -0.25) is 14.4 Å². The molecule has 3 rings (SSSR count). The van der Waals surface area contributed by atoms with Crippen LogP contribution in [0.4, 0.5) is 10.5 Å². The number of aryl methyl sites for hydroxylation is 2. The summed E-state index contributed by atoms with van der Waals surface area (Å²) in [5.41, 5.74) is 7.74. The maximum atomic E-state index is 14.5. The second-order valence-electron chi connectivity index (χ2n) is 13.0. The zero-order chi connectivity index (χ0) is 33.9. The van der Waals surface area contributed by atoms with E-state index in [0.717, 1.165) is 47.6 Å². The maximum absolute atomic E-state index is 14.5. The molecule has 46 heavy (non-hydrogen) atoms. The van der Waals surface area contributed by atoms with Gasteiger partial charge in [0, 0.05) is 18.7 Å². The molecule has 0 spiro atoms. The predicted molar refractivity (Wildman–Crippen MR) is 183 cm³/mol. The van der Waals surface area contributed by atoms with Gasteiger partial charge in [-0.2, -0.15) is 0 Å². The fraction of sp³-hybridized carbons (Fsp3) is 0.459. The van der Waals surface area contributed by atoms with E-state index in [1.165, 1.54) is 0 Å². The third-order valence-corrected chi connectivity index (χ3v) is 7.76. The van der Waals surface area contributed by atoms with Crippen molar-refractivity contribution in [2.45, 2.75) is 104 Å². The average Bonchev–Trinajstić information content (AvgIpc) is 2.98. The Morgan fingerprint density at radius 1 is 0.891 bits per heavy atom. The molecule has 0 fully saturated rings. The van der Waals surface area contributed by atoms with Gasteiger partial charge < -0.3 is 26.0 Å². The number of hydrogen-bond acceptors (Lipinski definition) is 5. The van der Waals surface area contributed by atoms with Crippen LogP contribution in [0, 0.1) is 13.8 Å². The maximum Gasteiger partial charge on any atom is 0.408 e. The van der Waals surface area contributed by atoms with Gasteiger partial charge in [0.05, 0.1) is 0 Å². The van der Waals surface area contributed by atoms with Gasteiger partial charge in [0.15, 0.2) is 0 Å². The largest absolute Gasteiger partial charge is 0.444 e. The third-order valence-electron chi connectivity index (χ3n) is 7.76. The molecule has 9 heteroatoms. The van der Waals surface area contributed by atoms with Crippen molar-refractivity contribution in [3.8, 4) is 0 Å². The molecular weight excluding hydrogens is 580 g/mol. The van der Waals surface area contributed by atoms with Crippen molar-refractivity contribution >= 4 is 40.3 Å². The summed E-state index contributed by atoms with van der Waals surface area (Å²) in [6.45, 7) is 11.4. The van der Waals surface area contributed by atoms with E-state index >= 15 is 0 Å². The summed E-state index contributed by atoms with van der Waals surface area (Å²) in [7, 11) is 0. The summed E-state index contributed by atoms with van der Waals surface area (Å²) in [5.74, 6) is -1.46. The molecule has 0 aliphatic heterocycles. The molecule has 0 heterocycles. The number of ether oxygens (including phenoxy) is 1. The van der Waals surface area contributed by atoms with Gasteiger partial charge in [-0.05, 0) is 81.5 Å². The molecule has 2 unspecified atom stereocenters. The van der Waals surface area contributed by atoms with Gasteiger partial charge >= 0.3 is 6.09 Å². The fourth-order valence-electron chi connectivity index (χ4n) is 5.43. The van der Waals surface area contributed by atoms with Gasteiger partial charge in [0.2, 0.25) is 11.8 Å². The highest BCUT2D eigenvalue weighted by atomic mass is 16.6. The van der Waals surface area contributed by atoms with E-state index in [1.807, 2.05) is 74.5 Å². The summed E-state index contributed by atoms with van der Waals surface area (Å²) in [6.07, 6.45) is 3.70. The van der Waals surface area contributed by atoms with E-state index in [2.05, 4.69) is 17.6 Å². The molecule has 0 saturated carbocycles. The van der Waals surface area contributed by atoms with Crippen LogP contribution >= 0.6 is 0 Å². The van der Waals surface area contributed by atoms with Crippen LogP contribution in [0.25, 0.3) is 10.8 Å². The Balaban J connectivity index is 2.08. The van der Waals surface area contributed by atoms with E-state index < -0.39 is 35.6 Å². The number of nitrogens with one attached hydrogen (secondary N) is 2. The SMILES string of the molecule is CCCCCCCN(C(=O)C(CCC(N)=O)NC(=O)OC(C)(C)C)C(C(=O)Nc1ccc2ccccc2c1)c1cc(C)ccc1C. The van der Waals surface area contributed by atoms with Gasteiger partial charge in [0.25, 0.3) is 5.91 Å². The lowest BCUT2D eigenvalue weighted by Gasteiger charge is -2.35. The van der Waals surface area contributed by atoms with Crippen molar-refractivity contribution < 1.29 is 23.9 Å². The molecule has 0 aromatic heterocycles. The fourth-order valence-corrected chi connectivity index (χ4v) is 5.43. The van der Waals surface area contributed by atoms with Crippen molar-refractivity contribution in [3.05, 3.63) is 77.4 Å². The molecule has 0 aliphatic rings. The topological polar surface area (TPSA) is 131 Å². The number of carbonyl (C=O) groups excluding carboxylic acids is 4. The van der Waals surface area contributed by atoms with E-state index in [0.29, 0.717) is 17.7 Å². The standard InChI is InChI=1S/C37H50N4O5/c1-7-8-9-10-13-22-41(35(44)31(20-21-32(38)42)40-36(45)46-37(4,5)6)33(30-23-25(2)16-17-26(30)3)34(43)39-29-19-18-27-14-11-12-15-28(27)24-29/h11-12,14-19,23-24,31,33H,7-10,13,20-22H2,1-6H3,(H2,38,42)(H,39,43)(H,40,45). The smallest absolute Gasteiger partial charge is 0.408 e. The van der Waals surface area contributed by atoms with Crippen molar-refractivity contribution in [1.29, 1.82) is 0 Å². The number of rotatable bonds is 15. The summed E-state index contributed by atoms with van der Waals surface area (Å²) < 4.78 is 5.46. The van der Waals surface area contributed by atoms with Crippen molar-refractivity contribution in [3.63, 3.8) is 0 Å². The number of primary amides is 1. The highest BCUT2D eigenvalue weighted by molar-refractivity contribution is 6.00. The Hall–Kier alpha value is -4.40. The highest BCUT2D eigenvalue weighted by Crippen LogP contribution is 2.30. The number of anilines is 1. The summed E-state index contributed by atoms with van der Waals surface area (Å²) in [5, 5.41) is 7.75. The van der Waals surface area contributed by atoms with Gasteiger partial charge in [0.1, 0.15) is 17.7 Å². The molecule has 4 amide bonds. The first-order chi connectivity index (χ1) is 21.8. The highest BCUT2D eigenvalue weighted by Gasteiger charge is 2.37. The normalized spacial score (nSPS) is 12.7. The van der Waals surface area contributed by atoms with Crippen LogP contribution in [0.3, 0.4) is 0 Å². The molecule has 3 aromatic rings. The van der Waals surface area contributed by atoms with Crippen molar-refractivity contribution in [2.75, 3.05) is 11.9 Å². The minimum absolute atomic E-state index is 0.0362. The third kappa shape index (κ3) is 10.9. The molecule has 2 atom stereocenters. The minimum atomic E-state index is -1.14. The minimum Gasteiger partial charge on any atom is -0.444 e. The Bertz CT molecular complexity index is 1510. The Morgan fingerprint density at radius 3 is 2.26 bits per heavy atom. The quantitative estimate of drug-likeness (QED) is 0.154. The number of amides is 4. The van der Waals surface area contributed by atoms with E-state index in [1.54, 1.807) is 25.7 Å². The number of nitrogens with zero attached hydrogens (tertiary/aromatic N) is 1. The first kappa shape index (κ1) is 36.1. The predicted octanol–water partition coefficient (Wildman–Crippen LogP) is 7.09. The molecule has 0 saturated heterocycles. The number of hydrogen-bond donors (Lipinski definition) is 3. The molecule has 248 valence electrons. The van der Waals surface area contributed by atoms with Crippen LogP contribution in [0.2, 0.25) is 0 Å². The Kier molecular flexibility index (Phi) is 13.2. The number of unbranched alkanes of at least 4 members (excludes halogenated alkanes) is 4. The zero-order valence-electron chi connectivity index (χ0n) is 28.2. The molecule has 4 N–H and O–H groups in total. The monoisotopic (exact) mass is 630 g/mol. The molecule has 0 aliphatic carbocycles. The van der Waals surface area contributed by atoms with Crippen LogP contribution in [-0.4, -0.2) is 46.9 Å². The van der Waals surface area contributed by atoms with E-state index in [4.69, 9.17) is 10.5 Å². The first-order valence-corrected chi connectivity index (χ1v) is 16.2. The number of fused-ring (bicyclic) bond motifs is 1. The summed E-state index contributed by atoms with van der Waals surface area (Å²) in [6, 6.07) is 17.3. The lowest BCUT2D eigenvalue weighted by atomic mass is 9.95. The molecular formula is C37H50N4O5. The number of carbonyl (C=O) groups is 4. The molecule has 3 aromatic carbocycles. The number of nitrogens with two attached hydrogens (primary N) is 1. The molecule has 9 nitrogen and oxygen atoms in total. The Morgan fingerprint density at radius 2 is 1.59 bits per heavy atom. The van der Waals surface area contributed by atoms with Gasteiger partial charge in [-0.25, -0.2) is 4.79 Å². The number of alkyl carbamates (subject to hydrolysis) is 1. The van der Waals surface area contributed by atoms with E-state index in [-0.39, 0.29) is 25.3 Å². The van der Waals surface area contributed by atoms with Gasteiger partial charge in [-0.15, -0.1) is 0 Å². The first-order valence-electron chi connectivity index (χ1n) is 16.2. The van der Waals surface area contributed by atoms with Crippen molar-refractivity contribution in [2.24, 2.45) is 5.73 Å². The Labute approximate surface area is 273 Å². The van der Waals surface area contributed by atoms with Crippen LogP contribution < -0.4 is 16.4 Å².